The molecule has 0 aromatic carbocycles. The van der Waals surface area contributed by atoms with Gasteiger partial charge < -0.3 is 11.1 Å². The minimum absolute atomic E-state index is 0.347. The standard InChI is InChI=1S/C12H23N3O2/c1-7-4-5-10(8(2)6-7)14-9(3)11(16)15-12(13)17/h7-10,14H,4-6H2,1-3H3,(H3,13,15,16,17). The van der Waals surface area contributed by atoms with Crippen LogP contribution in [0.2, 0.25) is 0 Å². The third-order valence-corrected chi connectivity index (χ3v) is 3.54. The molecule has 0 heterocycles. The highest BCUT2D eigenvalue weighted by Gasteiger charge is 2.27. The van der Waals surface area contributed by atoms with Crippen molar-refractivity contribution in [1.29, 1.82) is 0 Å². The van der Waals surface area contributed by atoms with E-state index in [2.05, 4.69) is 24.5 Å². The van der Waals surface area contributed by atoms with Crippen molar-refractivity contribution in [2.24, 2.45) is 17.6 Å². The first kappa shape index (κ1) is 14.0. The summed E-state index contributed by atoms with van der Waals surface area (Å²) < 4.78 is 0. The summed E-state index contributed by atoms with van der Waals surface area (Å²) in [7, 11) is 0. The van der Waals surface area contributed by atoms with Gasteiger partial charge in [-0.05, 0) is 38.0 Å². The summed E-state index contributed by atoms with van der Waals surface area (Å²) in [5.74, 6) is 0.962. The molecule has 4 atom stereocenters. The summed E-state index contributed by atoms with van der Waals surface area (Å²) in [6, 6.07) is -0.836. The Hall–Kier alpha value is -1.10. The molecule has 5 heteroatoms. The van der Waals surface area contributed by atoms with Gasteiger partial charge in [0.15, 0.2) is 0 Å². The number of primary amides is 1. The quantitative estimate of drug-likeness (QED) is 0.688. The lowest BCUT2D eigenvalue weighted by molar-refractivity contribution is -0.121. The van der Waals surface area contributed by atoms with Crippen LogP contribution in [0.1, 0.15) is 40.0 Å². The number of carbonyl (C=O) groups is 2. The largest absolute Gasteiger partial charge is 0.351 e. The number of imide groups is 1. The average Bonchev–Trinajstić information content (AvgIpc) is 2.21. The molecule has 0 bridgehead atoms. The van der Waals surface area contributed by atoms with Crippen LogP contribution in [0.15, 0.2) is 0 Å². The number of rotatable bonds is 3. The van der Waals surface area contributed by atoms with Crippen molar-refractivity contribution in [3.8, 4) is 0 Å². The lowest BCUT2D eigenvalue weighted by atomic mass is 9.79. The fourth-order valence-corrected chi connectivity index (χ4v) is 2.54. The van der Waals surface area contributed by atoms with Gasteiger partial charge in [-0.2, -0.15) is 0 Å². The van der Waals surface area contributed by atoms with E-state index >= 15 is 0 Å². The van der Waals surface area contributed by atoms with E-state index in [1.807, 2.05) is 0 Å². The summed E-state index contributed by atoms with van der Waals surface area (Å²) in [6.45, 7) is 6.21. The lowest BCUT2D eigenvalue weighted by Gasteiger charge is -2.34. The second kappa shape index (κ2) is 6.00. The van der Waals surface area contributed by atoms with Crippen molar-refractivity contribution in [2.75, 3.05) is 0 Å². The van der Waals surface area contributed by atoms with Crippen molar-refractivity contribution in [3.05, 3.63) is 0 Å². The van der Waals surface area contributed by atoms with Gasteiger partial charge in [0.05, 0.1) is 6.04 Å². The van der Waals surface area contributed by atoms with Crippen LogP contribution in [0.5, 0.6) is 0 Å². The van der Waals surface area contributed by atoms with Gasteiger partial charge in [0.2, 0.25) is 5.91 Å². The minimum atomic E-state index is -0.797. The van der Waals surface area contributed by atoms with Gasteiger partial charge in [0.1, 0.15) is 0 Å². The van der Waals surface area contributed by atoms with Crippen LogP contribution in [0.4, 0.5) is 4.79 Å². The van der Waals surface area contributed by atoms with Gasteiger partial charge in [-0.25, -0.2) is 4.79 Å². The SMILES string of the molecule is CC1CCC(NC(C)C(=O)NC(N)=O)C(C)C1. The molecule has 4 unspecified atom stereocenters. The third-order valence-electron chi connectivity index (χ3n) is 3.54. The Morgan fingerprint density at radius 2 is 1.94 bits per heavy atom. The van der Waals surface area contributed by atoms with Crippen LogP contribution < -0.4 is 16.4 Å². The van der Waals surface area contributed by atoms with E-state index in [4.69, 9.17) is 5.73 Å². The molecule has 1 saturated carbocycles. The average molecular weight is 241 g/mol. The summed E-state index contributed by atoms with van der Waals surface area (Å²) in [5.41, 5.74) is 4.91. The van der Waals surface area contributed by atoms with E-state index < -0.39 is 6.03 Å². The Morgan fingerprint density at radius 1 is 1.29 bits per heavy atom. The Labute approximate surface area is 103 Å². The molecule has 1 aliphatic carbocycles. The zero-order valence-electron chi connectivity index (χ0n) is 10.8. The van der Waals surface area contributed by atoms with E-state index in [1.54, 1.807) is 6.92 Å². The van der Waals surface area contributed by atoms with Crippen molar-refractivity contribution < 1.29 is 9.59 Å². The Bertz CT molecular complexity index is 293. The molecule has 4 N–H and O–H groups in total. The van der Waals surface area contributed by atoms with E-state index in [0.29, 0.717) is 12.0 Å². The predicted molar refractivity (Wildman–Crippen MR) is 66.3 cm³/mol. The van der Waals surface area contributed by atoms with Crippen molar-refractivity contribution >= 4 is 11.9 Å². The number of hydrogen-bond donors (Lipinski definition) is 3. The van der Waals surface area contributed by atoms with Crippen LogP contribution in [0.25, 0.3) is 0 Å². The number of nitrogens with one attached hydrogen (secondary N) is 2. The maximum atomic E-state index is 11.5. The summed E-state index contributed by atoms with van der Waals surface area (Å²) >= 11 is 0. The molecule has 1 aliphatic rings. The predicted octanol–water partition coefficient (Wildman–Crippen LogP) is 0.984. The van der Waals surface area contributed by atoms with E-state index in [0.717, 1.165) is 12.3 Å². The topological polar surface area (TPSA) is 84.2 Å². The molecule has 98 valence electrons. The van der Waals surface area contributed by atoms with E-state index in [-0.39, 0.29) is 11.9 Å². The molecular weight excluding hydrogens is 218 g/mol. The smallest absolute Gasteiger partial charge is 0.318 e. The van der Waals surface area contributed by atoms with Gasteiger partial charge in [-0.1, -0.05) is 13.8 Å². The van der Waals surface area contributed by atoms with E-state index in [9.17, 15) is 9.59 Å². The Kier molecular flexibility index (Phi) is 4.93. The van der Waals surface area contributed by atoms with Gasteiger partial charge in [0.25, 0.3) is 0 Å². The molecular formula is C12H23N3O2. The molecule has 0 aliphatic heterocycles. The highest BCUT2D eigenvalue weighted by atomic mass is 16.2. The monoisotopic (exact) mass is 241 g/mol. The third kappa shape index (κ3) is 4.34. The minimum Gasteiger partial charge on any atom is -0.351 e. The molecule has 1 rings (SSSR count). The van der Waals surface area contributed by atoms with Crippen LogP contribution >= 0.6 is 0 Å². The van der Waals surface area contributed by atoms with Gasteiger partial charge in [0, 0.05) is 6.04 Å². The van der Waals surface area contributed by atoms with Crippen LogP contribution in [0.3, 0.4) is 0 Å². The molecule has 0 aromatic rings. The van der Waals surface area contributed by atoms with Crippen LogP contribution in [0, 0.1) is 11.8 Å². The molecule has 1 fully saturated rings. The Morgan fingerprint density at radius 3 is 2.47 bits per heavy atom. The second-order valence-electron chi connectivity index (χ2n) is 5.24. The normalized spacial score (nSPS) is 30.6. The number of carbonyl (C=O) groups excluding carboxylic acids is 2. The summed E-state index contributed by atoms with van der Waals surface area (Å²) in [6.07, 6.45) is 3.45. The van der Waals surface area contributed by atoms with E-state index in [1.165, 1.54) is 12.8 Å². The first-order valence-electron chi connectivity index (χ1n) is 6.26. The lowest BCUT2D eigenvalue weighted by Crippen LogP contribution is -2.51. The molecule has 0 saturated heterocycles. The zero-order valence-corrected chi connectivity index (χ0v) is 10.8. The maximum Gasteiger partial charge on any atom is 0.318 e. The second-order valence-corrected chi connectivity index (χ2v) is 5.24. The van der Waals surface area contributed by atoms with Crippen molar-refractivity contribution in [2.45, 2.75) is 52.1 Å². The number of hydrogen-bond acceptors (Lipinski definition) is 3. The zero-order chi connectivity index (χ0) is 13.0. The maximum absolute atomic E-state index is 11.5. The Balaban J connectivity index is 2.42. The molecule has 0 aromatic heterocycles. The molecule has 5 nitrogen and oxygen atoms in total. The van der Waals surface area contributed by atoms with Gasteiger partial charge in [-0.15, -0.1) is 0 Å². The van der Waals surface area contributed by atoms with Gasteiger partial charge >= 0.3 is 6.03 Å². The first-order valence-corrected chi connectivity index (χ1v) is 6.26. The summed E-state index contributed by atoms with van der Waals surface area (Å²) in [5, 5.41) is 5.37. The highest BCUT2D eigenvalue weighted by molar-refractivity contribution is 5.96. The summed E-state index contributed by atoms with van der Waals surface area (Å²) in [4.78, 5) is 22.1. The van der Waals surface area contributed by atoms with Crippen molar-refractivity contribution in [1.82, 2.24) is 10.6 Å². The van der Waals surface area contributed by atoms with Crippen LogP contribution in [-0.4, -0.2) is 24.0 Å². The van der Waals surface area contributed by atoms with Gasteiger partial charge in [-0.3, -0.25) is 10.1 Å². The first-order chi connectivity index (χ1) is 7.90. The number of urea groups is 1. The molecule has 17 heavy (non-hydrogen) atoms. The number of amides is 3. The molecule has 0 radical (unpaired) electrons. The fourth-order valence-electron chi connectivity index (χ4n) is 2.54. The van der Waals surface area contributed by atoms with Crippen molar-refractivity contribution in [3.63, 3.8) is 0 Å². The number of nitrogens with two attached hydrogens (primary N) is 1. The van der Waals surface area contributed by atoms with Crippen LogP contribution in [-0.2, 0) is 4.79 Å². The fraction of sp³-hybridized carbons (Fsp3) is 0.833. The highest BCUT2D eigenvalue weighted by Crippen LogP contribution is 2.28. The molecule has 0 spiro atoms. The molecule has 3 amide bonds.